The summed E-state index contributed by atoms with van der Waals surface area (Å²) in [7, 11) is 0. The Bertz CT molecular complexity index is 3810. The van der Waals surface area contributed by atoms with Gasteiger partial charge in [-0.3, -0.25) is 0 Å². The minimum Gasteiger partial charge on any atom is -0.309 e. The first-order chi connectivity index (χ1) is 34.7. The zero-order valence-corrected chi connectivity index (χ0v) is 47.6. The van der Waals surface area contributed by atoms with Crippen molar-refractivity contribution in [1.29, 1.82) is 0 Å². The Morgan fingerprint density at radius 3 is 1.15 bits per heavy atom. The van der Waals surface area contributed by atoms with E-state index in [1.54, 1.807) is 0 Å². The van der Waals surface area contributed by atoms with Crippen LogP contribution in [-0.4, -0.2) is 6.71 Å². The lowest BCUT2D eigenvalue weighted by atomic mass is 9.39. The van der Waals surface area contributed by atoms with Gasteiger partial charge in [-0.05, 0) is 183 Å². The summed E-state index contributed by atoms with van der Waals surface area (Å²) in [6.45, 7) is 30.8. The molecule has 4 aromatic heterocycles. The summed E-state index contributed by atoms with van der Waals surface area (Å²) in [5.41, 5.74) is 23.4. The molecule has 7 aromatic carbocycles. The van der Waals surface area contributed by atoms with E-state index < -0.39 is 0 Å². The summed E-state index contributed by atoms with van der Waals surface area (Å²) in [5.74, 6) is 0. The number of thiophene rings is 4. The number of anilines is 6. The topological polar surface area (TPSA) is 6.48 Å². The van der Waals surface area contributed by atoms with E-state index >= 15 is 0 Å². The number of fused-ring (bicyclic) bond motifs is 10. The largest absolute Gasteiger partial charge is 0.309 e. The second kappa shape index (κ2) is 16.3. The van der Waals surface area contributed by atoms with Crippen molar-refractivity contribution in [1.82, 2.24) is 0 Å². The van der Waals surface area contributed by atoms with E-state index in [4.69, 9.17) is 0 Å². The van der Waals surface area contributed by atoms with Crippen molar-refractivity contribution in [2.75, 3.05) is 9.80 Å². The maximum absolute atomic E-state index is 2.74. The zero-order valence-electron chi connectivity index (χ0n) is 44.3. The SMILES string of the molecule is Cc1cc(-c2csc3ccccc23)cc(C)c1N1c2cc(C(C)(C)C)cc3c2B(c2sc4ccc(C(C)(C)C)cc4c21)c1sc2ccc(C(C)(C)C)cc2c1N3c1c(C)cc(-c2csc3ccccc23)cc1C. The molecule has 6 heterocycles. The van der Waals surface area contributed by atoms with Crippen LogP contribution in [0.1, 0.15) is 101 Å². The van der Waals surface area contributed by atoms with E-state index in [1.165, 1.54) is 151 Å². The molecule has 0 aliphatic carbocycles. The summed E-state index contributed by atoms with van der Waals surface area (Å²) in [6.07, 6.45) is 0. The summed E-state index contributed by atoms with van der Waals surface area (Å²) >= 11 is 7.71. The standard InChI is InChI=1S/C66H61BN2S4/c1-36-26-40(49-34-70-53-20-16-14-18-45(49)53)27-37(2)58(36)68-51-32-44(66(11,12)13)33-52-57(51)67(62-60(68)47-30-42(64(5,6)7)22-24-55(47)72-62)63-61(48-31-43(65(8,9)10)23-25-56(48)73-63)69(52)59-38(3)28-41(29-39(59)4)50-35-71-54-21-17-15-19-46(50)54/h14-35H,1-13H3. The molecule has 13 rings (SSSR count). The predicted octanol–water partition coefficient (Wildman–Crippen LogP) is 19.1. The van der Waals surface area contributed by atoms with Gasteiger partial charge in [0, 0.05) is 72.4 Å². The summed E-state index contributed by atoms with van der Waals surface area (Å²) in [6, 6.07) is 47.5. The first-order valence-corrected chi connectivity index (χ1v) is 29.2. The maximum atomic E-state index is 2.74. The summed E-state index contributed by atoms with van der Waals surface area (Å²) in [5, 5.41) is 10.0. The molecule has 0 amide bonds. The Morgan fingerprint density at radius 1 is 0.384 bits per heavy atom. The van der Waals surface area contributed by atoms with Gasteiger partial charge < -0.3 is 9.80 Å². The minimum atomic E-state index is -0.146. The highest BCUT2D eigenvalue weighted by Gasteiger charge is 2.48. The highest BCUT2D eigenvalue weighted by molar-refractivity contribution is 7.40. The van der Waals surface area contributed by atoms with Crippen molar-refractivity contribution in [2.45, 2.75) is 106 Å². The predicted molar refractivity (Wildman–Crippen MR) is 328 cm³/mol. The molecule has 2 aliphatic heterocycles. The molecule has 0 radical (unpaired) electrons. The van der Waals surface area contributed by atoms with Gasteiger partial charge in [0.05, 0.1) is 22.7 Å². The van der Waals surface area contributed by atoms with Crippen LogP contribution in [-0.2, 0) is 16.2 Å². The van der Waals surface area contributed by atoms with Crippen molar-refractivity contribution < 1.29 is 0 Å². The van der Waals surface area contributed by atoms with Crippen LogP contribution in [0.4, 0.5) is 34.1 Å². The third kappa shape index (κ3) is 7.19. The minimum absolute atomic E-state index is 0.0136. The molecule has 73 heavy (non-hydrogen) atoms. The average Bonchev–Trinajstić information content (AvgIpc) is 4.14. The molecule has 0 atom stereocenters. The quantitative estimate of drug-likeness (QED) is 0.162. The van der Waals surface area contributed by atoms with Gasteiger partial charge in [-0.2, -0.15) is 0 Å². The Morgan fingerprint density at radius 2 is 0.767 bits per heavy atom. The third-order valence-corrected chi connectivity index (χ3v) is 20.2. The molecule has 0 spiro atoms. The first kappa shape index (κ1) is 46.8. The van der Waals surface area contributed by atoms with Gasteiger partial charge in [0.2, 0.25) is 0 Å². The monoisotopic (exact) mass is 1020 g/mol. The summed E-state index contributed by atoms with van der Waals surface area (Å²) in [4.78, 5) is 5.48. The van der Waals surface area contributed by atoms with Gasteiger partial charge in [-0.25, -0.2) is 0 Å². The Balaban J connectivity index is 1.15. The number of aryl methyl sites for hydroxylation is 4. The number of benzene rings is 7. The Labute approximate surface area is 447 Å². The molecule has 7 heteroatoms. The van der Waals surface area contributed by atoms with E-state index in [-0.39, 0.29) is 23.0 Å². The van der Waals surface area contributed by atoms with Gasteiger partial charge in [0.15, 0.2) is 0 Å². The second-order valence-electron chi connectivity index (χ2n) is 24.0. The lowest BCUT2D eigenvalue weighted by Gasteiger charge is -2.44. The highest BCUT2D eigenvalue weighted by atomic mass is 32.1. The molecule has 362 valence electrons. The van der Waals surface area contributed by atoms with Gasteiger partial charge in [0.1, 0.15) is 0 Å². The van der Waals surface area contributed by atoms with Crippen molar-refractivity contribution in [3.05, 3.63) is 171 Å². The van der Waals surface area contributed by atoms with E-state index in [9.17, 15) is 0 Å². The van der Waals surface area contributed by atoms with E-state index in [0.717, 1.165) is 0 Å². The van der Waals surface area contributed by atoms with Gasteiger partial charge in [0.25, 0.3) is 6.71 Å². The smallest absolute Gasteiger partial charge is 0.277 e. The van der Waals surface area contributed by atoms with Gasteiger partial charge in [-0.15, -0.1) is 45.3 Å². The molecule has 0 N–H and O–H groups in total. The number of hydrogen-bond donors (Lipinski definition) is 0. The number of hydrogen-bond acceptors (Lipinski definition) is 6. The molecular formula is C66H61BN2S4. The third-order valence-electron chi connectivity index (χ3n) is 15.9. The van der Waals surface area contributed by atoms with Crippen LogP contribution in [0.3, 0.4) is 0 Å². The Hall–Kier alpha value is -5.96. The molecule has 2 nitrogen and oxygen atoms in total. The van der Waals surface area contributed by atoms with Crippen LogP contribution in [0.2, 0.25) is 0 Å². The molecule has 0 bridgehead atoms. The van der Waals surface area contributed by atoms with Crippen LogP contribution in [0, 0.1) is 27.7 Å². The lowest BCUT2D eigenvalue weighted by Crippen LogP contribution is -2.59. The van der Waals surface area contributed by atoms with E-state index in [1.807, 2.05) is 45.3 Å². The van der Waals surface area contributed by atoms with Crippen LogP contribution >= 0.6 is 45.3 Å². The summed E-state index contributed by atoms with van der Waals surface area (Å²) < 4.78 is 8.20. The fourth-order valence-electron chi connectivity index (χ4n) is 12.1. The van der Waals surface area contributed by atoms with E-state index in [0.29, 0.717) is 0 Å². The molecule has 0 fully saturated rings. The molecule has 2 aliphatic rings. The molecule has 0 unspecified atom stereocenters. The van der Waals surface area contributed by atoms with Gasteiger partial charge >= 0.3 is 0 Å². The molecule has 11 aromatic rings. The van der Waals surface area contributed by atoms with Crippen molar-refractivity contribution in [3.63, 3.8) is 0 Å². The number of nitrogens with zero attached hydrogens (tertiary/aromatic N) is 2. The lowest BCUT2D eigenvalue weighted by molar-refractivity contribution is 0.590. The van der Waals surface area contributed by atoms with Crippen LogP contribution < -0.4 is 24.8 Å². The fourth-order valence-corrected chi connectivity index (χ4v) is 16.7. The highest BCUT2D eigenvalue weighted by Crippen LogP contribution is 2.55. The average molecular weight is 1020 g/mol. The van der Waals surface area contributed by atoms with E-state index in [2.05, 4.69) is 232 Å². The fraction of sp³-hybridized carbons (Fsp3) is 0.242. The first-order valence-electron chi connectivity index (χ1n) is 25.8. The van der Waals surface area contributed by atoms with Crippen molar-refractivity contribution >= 4 is 142 Å². The van der Waals surface area contributed by atoms with Crippen molar-refractivity contribution in [3.8, 4) is 22.3 Å². The Kier molecular flexibility index (Phi) is 10.4. The number of rotatable bonds is 4. The van der Waals surface area contributed by atoms with Crippen molar-refractivity contribution in [2.24, 2.45) is 0 Å². The zero-order chi connectivity index (χ0) is 50.8. The van der Waals surface area contributed by atoms with Crippen LogP contribution in [0.25, 0.3) is 62.6 Å². The van der Waals surface area contributed by atoms with Gasteiger partial charge in [-0.1, -0.05) is 111 Å². The normalized spacial score (nSPS) is 13.7. The maximum Gasteiger partial charge on any atom is 0.277 e. The van der Waals surface area contributed by atoms with Crippen LogP contribution in [0.5, 0.6) is 0 Å². The molecule has 0 saturated carbocycles. The molecule has 0 saturated heterocycles. The second-order valence-corrected chi connectivity index (χ2v) is 28.0. The molecular weight excluding hydrogens is 960 g/mol. The van der Waals surface area contributed by atoms with Crippen LogP contribution in [0.15, 0.2) is 132 Å².